The van der Waals surface area contributed by atoms with E-state index in [0.29, 0.717) is 18.8 Å². The van der Waals surface area contributed by atoms with Crippen LogP contribution in [0, 0.1) is 6.92 Å². The third kappa shape index (κ3) is 5.18. The molecule has 29 heavy (non-hydrogen) atoms. The van der Waals surface area contributed by atoms with Gasteiger partial charge in [0.25, 0.3) is 10.0 Å². The zero-order valence-electron chi connectivity index (χ0n) is 17.3. The van der Waals surface area contributed by atoms with Crippen LogP contribution in [0.25, 0.3) is 0 Å². The lowest BCUT2D eigenvalue weighted by molar-refractivity contribution is -0.129. The first-order valence-corrected chi connectivity index (χ1v) is 11.8. The molecule has 0 radical (unpaired) electrons. The molecule has 2 aromatic carbocycles. The van der Waals surface area contributed by atoms with Gasteiger partial charge in [-0.25, -0.2) is 8.42 Å². The maximum Gasteiger partial charge on any atom is 0.264 e. The maximum absolute atomic E-state index is 13.4. The van der Waals surface area contributed by atoms with Crippen LogP contribution in [-0.4, -0.2) is 38.9 Å². The molecule has 1 heterocycles. The van der Waals surface area contributed by atoms with Gasteiger partial charge in [-0.1, -0.05) is 49.6 Å². The second kappa shape index (κ2) is 9.44. The number of carbonyl (C=O) groups is 1. The molecule has 0 spiro atoms. The van der Waals surface area contributed by atoms with E-state index in [2.05, 4.69) is 6.92 Å². The zero-order valence-corrected chi connectivity index (χ0v) is 18.1. The molecule has 5 nitrogen and oxygen atoms in total. The van der Waals surface area contributed by atoms with Crippen LogP contribution in [0.15, 0.2) is 53.4 Å². The number of sulfonamides is 1. The molecule has 156 valence electrons. The summed E-state index contributed by atoms with van der Waals surface area (Å²) < 4.78 is 28.1. The first kappa shape index (κ1) is 21.4. The lowest BCUT2D eigenvalue weighted by Crippen LogP contribution is -2.43. The van der Waals surface area contributed by atoms with Crippen LogP contribution in [0.4, 0.5) is 5.69 Å². The number of hydrogen-bond donors (Lipinski definition) is 0. The molecule has 2 aromatic rings. The van der Waals surface area contributed by atoms with Gasteiger partial charge in [0.05, 0.1) is 10.6 Å². The summed E-state index contributed by atoms with van der Waals surface area (Å²) in [6.07, 6.45) is 5.06. The summed E-state index contributed by atoms with van der Waals surface area (Å²) in [7, 11) is -3.85. The average Bonchev–Trinajstić information content (AvgIpc) is 3.02. The minimum atomic E-state index is -3.85. The number of rotatable bonds is 6. The molecule has 0 bridgehead atoms. The number of benzene rings is 2. The molecular formula is C23H30N2O3S. The van der Waals surface area contributed by atoms with Gasteiger partial charge < -0.3 is 4.90 Å². The minimum Gasteiger partial charge on any atom is -0.341 e. The molecule has 1 saturated heterocycles. The Bertz CT molecular complexity index is 914. The zero-order chi connectivity index (χ0) is 20.9. The van der Waals surface area contributed by atoms with Gasteiger partial charge in [0.15, 0.2) is 0 Å². The Morgan fingerprint density at radius 2 is 1.52 bits per heavy atom. The number of likely N-dealkylation sites (tertiary alicyclic amines) is 1. The Morgan fingerprint density at radius 1 is 0.931 bits per heavy atom. The van der Waals surface area contributed by atoms with Gasteiger partial charge in [0.2, 0.25) is 5.91 Å². The summed E-state index contributed by atoms with van der Waals surface area (Å²) in [4.78, 5) is 15.0. The first-order chi connectivity index (χ1) is 13.9. The van der Waals surface area contributed by atoms with Crippen LogP contribution in [0.3, 0.4) is 0 Å². The number of aryl methyl sites for hydroxylation is 2. The van der Waals surface area contributed by atoms with Crippen molar-refractivity contribution >= 4 is 21.6 Å². The van der Waals surface area contributed by atoms with Crippen molar-refractivity contribution in [2.24, 2.45) is 0 Å². The summed E-state index contributed by atoms with van der Waals surface area (Å²) >= 11 is 0. The fourth-order valence-corrected chi connectivity index (χ4v) is 5.01. The topological polar surface area (TPSA) is 57.7 Å². The highest BCUT2D eigenvalue weighted by Crippen LogP contribution is 2.25. The highest BCUT2D eigenvalue weighted by Gasteiger charge is 2.29. The summed E-state index contributed by atoms with van der Waals surface area (Å²) in [5.41, 5.74) is 2.63. The number of carbonyl (C=O) groups excluding carboxylic acids is 1. The van der Waals surface area contributed by atoms with Crippen molar-refractivity contribution < 1.29 is 13.2 Å². The van der Waals surface area contributed by atoms with Gasteiger partial charge >= 0.3 is 0 Å². The molecule has 1 aliphatic rings. The molecule has 1 amide bonds. The van der Waals surface area contributed by atoms with E-state index in [1.807, 2.05) is 24.0 Å². The summed E-state index contributed by atoms with van der Waals surface area (Å²) in [5.74, 6) is -0.137. The summed E-state index contributed by atoms with van der Waals surface area (Å²) in [6.45, 7) is 5.19. The van der Waals surface area contributed by atoms with Gasteiger partial charge in [0.1, 0.15) is 6.54 Å². The summed E-state index contributed by atoms with van der Waals surface area (Å²) in [5, 5.41) is 0. The fraction of sp³-hybridized carbons (Fsp3) is 0.435. The van der Waals surface area contributed by atoms with Crippen LogP contribution in [-0.2, 0) is 21.2 Å². The summed E-state index contributed by atoms with van der Waals surface area (Å²) in [6, 6.07) is 14.2. The van der Waals surface area contributed by atoms with Gasteiger partial charge in [-0.3, -0.25) is 9.10 Å². The van der Waals surface area contributed by atoms with Crippen molar-refractivity contribution in [3.05, 3.63) is 59.7 Å². The van der Waals surface area contributed by atoms with Crippen molar-refractivity contribution in [1.29, 1.82) is 0 Å². The van der Waals surface area contributed by atoms with Crippen LogP contribution in [0.2, 0.25) is 0 Å². The highest BCUT2D eigenvalue weighted by molar-refractivity contribution is 7.92. The lowest BCUT2D eigenvalue weighted by atomic mass is 10.1. The minimum absolute atomic E-state index is 0.137. The van der Waals surface area contributed by atoms with Gasteiger partial charge in [-0.05, 0) is 56.0 Å². The number of amides is 1. The molecule has 0 saturated carbocycles. The van der Waals surface area contributed by atoms with Crippen molar-refractivity contribution in [2.45, 2.75) is 50.8 Å². The molecule has 0 N–H and O–H groups in total. The Labute approximate surface area is 174 Å². The Hall–Kier alpha value is -2.34. The number of nitrogens with zero attached hydrogens (tertiary/aromatic N) is 2. The predicted octanol–water partition coefficient (Wildman–Crippen LogP) is 4.16. The van der Waals surface area contributed by atoms with E-state index in [1.54, 1.807) is 36.4 Å². The van der Waals surface area contributed by atoms with Gasteiger partial charge in [-0.15, -0.1) is 0 Å². The fourth-order valence-electron chi connectivity index (χ4n) is 3.59. The molecular weight excluding hydrogens is 384 g/mol. The molecule has 1 fully saturated rings. The van der Waals surface area contributed by atoms with E-state index >= 15 is 0 Å². The highest BCUT2D eigenvalue weighted by atomic mass is 32.2. The Balaban J connectivity index is 1.94. The smallest absolute Gasteiger partial charge is 0.264 e. The molecule has 6 heteroatoms. The molecule has 0 atom stereocenters. The van der Waals surface area contributed by atoms with E-state index in [4.69, 9.17) is 0 Å². The van der Waals surface area contributed by atoms with E-state index in [0.717, 1.165) is 43.2 Å². The van der Waals surface area contributed by atoms with E-state index in [-0.39, 0.29) is 17.3 Å². The van der Waals surface area contributed by atoms with Gasteiger partial charge in [-0.2, -0.15) is 0 Å². The second-order valence-electron chi connectivity index (χ2n) is 7.64. The molecule has 0 unspecified atom stereocenters. The Kier molecular flexibility index (Phi) is 6.96. The first-order valence-electron chi connectivity index (χ1n) is 10.4. The van der Waals surface area contributed by atoms with Crippen LogP contribution >= 0.6 is 0 Å². The molecule has 0 aromatic heterocycles. The second-order valence-corrected chi connectivity index (χ2v) is 9.50. The maximum atomic E-state index is 13.4. The van der Waals surface area contributed by atoms with E-state index < -0.39 is 10.0 Å². The third-order valence-corrected chi connectivity index (χ3v) is 7.27. The SMILES string of the molecule is CCc1ccc(N(CC(=O)N2CCCCCC2)S(=O)(=O)c2ccc(C)cc2)cc1. The van der Waals surface area contributed by atoms with Gasteiger partial charge in [0, 0.05) is 13.1 Å². The largest absolute Gasteiger partial charge is 0.341 e. The lowest BCUT2D eigenvalue weighted by Gasteiger charge is -2.28. The normalized spacial score (nSPS) is 15.0. The quantitative estimate of drug-likeness (QED) is 0.713. The van der Waals surface area contributed by atoms with Crippen LogP contribution < -0.4 is 4.31 Å². The average molecular weight is 415 g/mol. The molecule has 1 aliphatic heterocycles. The van der Waals surface area contributed by atoms with Crippen LogP contribution in [0.1, 0.15) is 43.7 Å². The predicted molar refractivity (Wildman–Crippen MR) is 117 cm³/mol. The van der Waals surface area contributed by atoms with Crippen LogP contribution in [0.5, 0.6) is 0 Å². The van der Waals surface area contributed by atoms with Crippen molar-refractivity contribution in [1.82, 2.24) is 4.90 Å². The standard InChI is InChI=1S/C23H30N2O3S/c1-3-20-10-12-21(13-11-20)25(18-23(26)24-16-6-4-5-7-17-24)29(27,28)22-14-8-19(2)9-15-22/h8-15H,3-7,16-18H2,1-2H3. The van der Waals surface area contributed by atoms with Crippen molar-refractivity contribution in [3.63, 3.8) is 0 Å². The third-order valence-electron chi connectivity index (χ3n) is 5.48. The van der Waals surface area contributed by atoms with Crippen molar-refractivity contribution in [3.8, 4) is 0 Å². The van der Waals surface area contributed by atoms with Crippen molar-refractivity contribution in [2.75, 3.05) is 23.9 Å². The molecule has 0 aliphatic carbocycles. The Morgan fingerprint density at radius 3 is 2.07 bits per heavy atom. The number of anilines is 1. The monoisotopic (exact) mass is 414 g/mol. The van der Waals surface area contributed by atoms with E-state index in [9.17, 15) is 13.2 Å². The molecule has 3 rings (SSSR count). The number of hydrogen-bond acceptors (Lipinski definition) is 3. The van der Waals surface area contributed by atoms with E-state index in [1.165, 1.54) is 4.31 Å².